The summed E-state index contributed by atoms with van der Waals surface area (Å²) in [7, 11) is 4.02. The molecule has 1 aliphatic rings. The second-order valence-corrected chi connectivity index (χ2v) is 5.60. The van der Waals surface area contributed by atoms with Gasteiger partial charge < -0.3 is 16.4 Å². The minimum absolute atomic E-state index is 0.371. The Hall–Kier alpha value is -1.56. The van der Waals surface area contributed by atoms with E-state index in [9.17, 15) is 0 Å². The van der Waals surface area contributed by atoms with Crippen LogP contribution in [0.1, 0.15) is 6.42 Å². The van der Waals surface area contributed by atoms with Crippen LogP contribution >= 0.6 is 11.6 Å². The number of benzene rings is 1. The number of aliphatic imine (C=N–C) groups is 1. The Morgan fingerprint density at radius 3 is 2.80 bits per heavy atom. The SMILES string of the molecule is CN(C)CCC1(N)C=CN=C(N)N1c1cccc(Cl)c1. The van der Waals surface area contributed by atoms with Gasteiger partial charge in [0.25, 0.3) is 0 Å². The number of hydrogen-bond acceptors (Lipinski definition) is 5. The molecule has 20 heavy (non-hydrogen) atoms. The van der Waals surface area contributed by atoms with Crippen molar-refractivity contribution >= 4 is 23.2 Å². The van der Waals surface area contributed by atoms with E-state index in [4.69, 9.17) is 23.1 Å². The van der Waals surface area contributed by atoms with Crippen LogP contribution in [0.15, 0.2) is 41.5 Å². The number of rotatable bonds is 4. The van der Waals surface area contributed by atoms with Gasteiger partial charge in [-0.2, -0.15) is 0 Å². The largest absolute Gasteiger partial charge is 0.369 e. The van der Waals surface area contributed by atoms with Gasteiger partial charge in [-0.15, -0.1) is 0 Å². The van der Waals surface area contributed by atoms with E-state index in [2.05, 4.69) is 9.89 Å². The van der Waals surface area contributed by atoms with Gasteiger partial charge >= 0.3 is 0 Å². The fraction of sp³-hybridized carbons (Fsp3) is 0.357. The van der Waals surface area contributed by atoms with Crippen LogP contribution in [0.25, 0.3) is 0 Å². The summed E-state index contributed by atoms with van der Waals surface area (Å²) in [4.78, 5) is 8.05. The lowest BCUT2D eigenvalue weighted by Gasteiger charge is -2.41. The number of halogens is 1. The molecule has 4 N–H and O–H groups in total. The minimum Gasteiger partial charge on any atom is -0.369 e. The van der Waals surface area contributed by atoms with Crippen LogP contribution in [-0.2, 0) is 0 Å². The standard InChI is InChI=1S/C14H20ClN5/c1-19(2)9-7-14(17)6-8-18-13(16)20(14)12-5-3-4-11(15)10-12/h3-6,8,10H,7,9,17H2,1-2H3,(H2,16,18). The van der Waals surface area contributed by atoms with E-state index in [0.29, 0.717) is 11.0 Å². The summed E-state index contributed by atoms with van der Waals surface area (Å²) in [5.74, 6) is 0.371. The Balaban J connectivity index is 2.35. The lowest BCUT2D eigenvalue weighted by Crippen LogP contribution is -2.61. The maximum Gasteiger partial charge on any atom is 0.202 e. The van der Waals surface area contributed by atoms with Crippen molar-refractivity contribution in [2.75, 3.05) is 25.5 Å². The van der Waals surface area contributed by atoms with Crippen molar-refractivity contribution in [1.29, 1.82) is 0 Å². The van der Waals surface area contributed by atoms with Gasteiger partial charge in [-0.25, -0.2) is 4.99 Å². The minimum atomic E-state index is -0.708. The summed E-state index contributed by atoms with van der Waals surface area (Å²) in [6.07, 6.45) is 4.25. The van der Waals surface area contributed by atoms with Gasteiger partial charge in [-0.3, -0.25) is 4.90 Å². The fourth-order valence-corrected chi connectivity index (χ4v) is 2.36. The number of hydrogen-bond donors (Lipinski definition) is 2. The third-order valence-electron chi connectivity index (χ3n) is 3.24. The van der Waals surface area contributed by atoms with E-state index < -0.39 is 5.66 Å². The molecule has 2 rings (SSSR count). The maximum atomic E-state index is 6.53. The van der Waals surface area contributed by atoms with Crippen LogP contribution in [0, 0.1) is 0 Å². The molecule has 0 aromatic heterocycles. The lowest BCUT2D eigenvalue weighted by atomic mass is 10.0. The topological polar surface area (TPSA) is 70.9 Å². The molecule has 1 aromatic rings. The van der Waals surface area contributed by atoms with E-state index in [1.807, 2.05) is 49.3 Å². The van der Waals surface area contributed by atoms with E-state index in [1.54, 1.807) is 6.20 Å². The molecule has 5 nitrogen and oxygen atoms in total. The molecule has 0 saturated carbocycles. The van der Waals surface area contributed by atoms with E-state index in [0.717, 1.165) is 18.7 Å². The zero-order chi connectivity index (χ0) is 14.8. The van der Waals surface area contributed by atoms with Crippen LogP contribution in [0.3, 0.4) is 0 Å². The highest BCUT2D eigenvalue weighted by Gasteiger charge is 2.34. The van der Waals surface area contributed by atoms with Gasteiger partial charge in [-0.1, -0.05) is 17.7 Å². The summed E-state index contributed by atoms with van der Waals surface area (Å²) in [6.45, 7) is 0.838. The molecule has 0 aliphatic carbocycles. The molecule has 1 heterocycles. The zero-order valence-electron chi connectivity index (χ0n) is 11.8. The molecular formula is C14H20ClN5. The molecular weight excluding hydrogens is 274 g/mol. The Bertz CT molecular complexity index is 540. The summed E-state index contributed by atoms with van der Waals surface area (Å²) in [6, 6.07) is 7.44. The highest BCUT2D eigenvalue weighted by molar-refractivity contribution is 6.31. The summed E-state index contributed by atoms with van der Waals surface area (Å²) in [5, 5.41) is 0.639. The highest BCUT2D eigenvalue weighted by Crippen LogP contribution is 2.28. The van der Waals surface area contributed by atoms with Crippen molar-refractivity contribution in [3.8, 4) is 0 Å². The number of nitrogens with two attached hydrogens (primary N) is 2. The third kappa shape index (κ3) is 3.12. The summed E-state index contributed by atoms with van der Waals surface area (Å²) >= 11 is 6.06. The van der Waals surface area contributed by atoms with Crippen LogP contribution in [0.5, 0.6) is 0 Å². The second-order valence-electron chi connectivity index (χ2n) is 5.16. The normalized spacial score (nSPS) is 22.2. The number of guanidine groups is 1. The van der Waals surface area contributed by atoms with E-state index in [-0.39, 0.29) is 0 Å². The van der Waals surface area contributed by atoms with Gasteiger partial charge in [0.1, 0.15) is 5.66 Å². The first kappa shape index (κ1) is 14.8. The van der Waals surface area contributed by atoms with Crippen molar-refractivity contribution in [2.45, 2.75) is 12.1 Å². The monoisotopic (exact) mass is 293 g/mol. The van der Waals surface area contributed by atoms with Gasteiger partial charge in [-0.05, 0) is 38.4 Å². The van der Waals surface area contributed by atoms with Crippen LogP contribution < -0.4 is 16.4 Å². The molecule has 1 unspecified atom stereocenters. The van der Waals surface area contributed by atoms with E-state index in [1.165, 1.54) is 0 Å². The first-order chi connectivity index (χ1) is 9.42. The third-order valence-corrected chi connectivity index (χ3v) is 3.48. The molecule has 108 valence electrons. The van der Waals surface area contributed by atoms with Crippen molar-refractivity contribution in [1.82, 2.24) is 4.90 Å². The Kier molecular flexibility index (Phi) is 4.32. The van der Waals surface area contributed by atoms with Gasteiger partial charge in [0.15, 0.2) is 0 Å². The maximum absolute atomic E-state index is 6.53. The smallest absolute Gasteiger partial charge is 0.202 e. The van der Waals surface area contributed by atoms with Crippen LogP contribution in [-0.4, -0.2) is 37.2 Å². The molecule has 0 amide bonds. The molecule has 1 aliphatic heterocycles. The Labute approximate surface area is 124 Å². The van der Waals surface area contributed by atoms with Gasteiger partial charge in [0.2, 0.25) is 5.96 Å². The van der Waals surface area contributed by atoms with Crippen LogP contribution in [0.4, 0.5) is 5.69 Å². The van der Waals surface area contributed by atoms with Crippen molar-refractivity contribution in [2.24, 2.45) is 16.5 Å². The van der Waals surface area contributed by atoms with Crippen molar-refractivity contribution in [3.63, 3.8) is 0 Å². The molecule has 0 radical (unpaired) electrons. The average Bonchev–Trinajstić information content (AvgIpc) is 2.36. The highest BCUT2D eigenvalue weighted by atomic mass is 35.5. The lowest BCUT2D eigenvalue weighted by molar-refractivity contribution is 0.352. The van der Waals surface area contributed by atoms with Crippen molar-refractivity contribution in [3.05, 3.63) is 41.6 Å². The van der Waals surface area contributed by atoms with E-state index >= 15 is 0 Å². The number of anilines is 1. The molecule has 1 atom stereocenters. The predicted molar refractivity (Wildman–Crippen MR) is 84.8 cm³/mol. The Morgan fingerprint density at radius 1 is 1.40 bits per heavy atom. The second kappa shape index (κ2) is 5.83. The quantitative estimate of drug-likeness (QED) is 0.884. The summed E-state index contributed by atoms with van der Waals surface area (Å²) in [5.41, 5.74) is 12.7. The fourth-order valence-electron chi connectivity index (χ4n) is 2.17. The molecule has 0 bridgehead atoms. The average molecular weight is 294 g/mol. The first-order valence-corrected chi connectivity index (χ1v) is 6.80. The molecule has 6 heteroatoms. The number of nitrogens with zero attached hydrogens (tertiary/aromatic N) is 3. The molecule has 0 fully saturated rings. The first-order valence-electron chi connectivity index (χ1n) is 6.43. The zero-order valence-corrected chi connectivity index (χ0v) is 12.5. The Morgan fingerprint density at radius 2 is 2.15 bits per heavy atom. The van der Waals surface area contributed by atoms with Gasteiger partial charge in [0, 0.05) is 29.9 Å². The van der Waals surface area contributed by atoms with Crippen molar-refractivity contribution < 1.29 is 0 Å². The predicted octanol–water partition coefficient (Wildman–Crippen LogP) is 1.60. The molecule has 0 saturated heterocycles. The molecule has 0 spiro atoms. The summed E-state index contributed by atoms with van der Waals surface area (Å²) < 4.78 is 0. The van der Waals surface area contributed by atoms with Gasteiger partial charge in [0.05, 0.1) is 0 Å². The molecule has 1 aromatic carbocycles. The van der Waals surface area contributed by atoms with Crippen LogP contribution in [0.2, 0.25) is 5.02 Å².